The highest BCUT2D eigenvalue weighted by Gasteiger charge is 2.20. The van der Waals surface area contributed by atoms with Crippen LogP contribution in [0.3, 0.4) is 0 Å². The van der Waals surface area contributed by atoms with E-state index in [9.17, 15) is 0 Å². The summed E-state index contributed by atoms with van der Waals surface area (Å²) in [4.78, 5) is 0. The third kappa shape index (κ3) is 2.14. The van der Waals surface area contributed by atoms with Crippen LogP contribution in [0.4, 0.5) is 5.69 Å². The molecule has 3 rings (SSSR count). The number of nitrogen functional groups attached to an aromatic ring is 1. The van der Waals surface area contributed by atoms with Crippen molar-refractivity contribution < 1.29 is 0 Å². The molecule has 0 spiro atoms. The van der Waals surface area contributed by atoms with E-state index in [-0.39, 0.29) is 0 Å². The highest BCUT2D eigenvalue weighted by Crippen LogP contribution is 2.33. The third-order valence-electron chi connectivity index (χ3n) is 3.47. The highest BCUT2D eigenvalue weighted by atomic mass is 79.9. The van der Waals surface area contributed by atoms with Gasteiger partial charge in [-0.15, -0.1) is 10.2 Å². The van der Waals surface area contributed by atoms with Gasteiger partial charge in [-0.2, -0.15) is 0 Å². The first kappa shape index (κ1) is 11.7. The van der Waals surface area contributed by atoms with Gasteiger partial charge >= 0.3 is 0 Å². The van der Waals surface area contributed by atoms with Gasteiger partial charge in [-0.1, -0.05) is 28.8 Å². The van der Waals surface area contributed by atoms with E-state index in [2.05, 4.69) is 30.7 Å². The van der Waals surface area contributed by atoms with Gasteiger partial charge in [0, 0.05) is 21.8 Å². The van der Waals surface area contributed by atoms with Gasteiger partial charge in [0.1, 0.15) is 6.33 Å². The minimum Gasteiger partial charge on any atom is -0.399 e. The molecule has 1 aromatic heterocycles. The zero-order valence-electron chi connectivity index (χ0n) is 10.0. The Morgan fingerprint density at radius 1 is 1.22 bits per heavy atom. The van der Waals surface area contributed by atoms with Crippen molar-refractivity contribution in [1.29, 1.82) is 0 Å². The molecule has 2 aromatic rings. The Morgan fingerprint density at radius 3 is 2.72 bits per heavy atom. The summed E-state index contributed by atoms with van der Waals surface area (Å²) in [5.74, 6) is 0.912. The molecule has 1 fully saturated rings. The second-order valence-corrected chi connectivity index (χ2v) is 5.69. The van der Waals surface area contributed by atoms with E-state index in [4.69, 9.17) is 5.73 Å². The molecular weight excluding hydrogens is 292 g/mol. The summed E-state index contributed by atoms with van der Waals surface area (Å²) >= 11 is 3.47. The molecule has 1 saturated carbocycles. The van der Waals surface area contributed by atoms with Crippen molar-refractivity contribution >= 4 is 21.6 Å². The van der Waals surface area contributed by atoms with Gasteiger partial charge in [0.25, 0.3) is 0 Å². The van der Waals surface area contributed by atoms with E-state index in [0.29, 0.717) is 6.04 Å². The van der Waals surface area contributed by atoms with Gasteiger partial charge in [-0.05, 0) is 31.0 Å². The number of nitrogens with zero attached hydrogens (tertiary/aromatic N) is 3. The summed E-state index contributed by atoms with van der Waals surface area (Å²) in [5.41, 5.74) is 7.64. The van der Waals surface area contributed by atoms with E-state index >= 15 is 0 Å². The fourth-order valence-electron chi connectivity index (χ4n) is 2.64. The molecule has 0 unspecified atom stereocenters. The fraction of sp³-hybridized carbons (Fsp3) is 0.385. The highest BCUT2D eigenvalue weighted by molar-refractivity contribution is 9.10. The number of benzene rings is 1. The number of hydrogen-bond acceptors (Lipinski definition) is 3. The minimum absolute atomic E-state index is 0.537. The largest absolute Gasteiger partial charge is 0.399 e. The number of rotatable bonds is 2. The van der Waals surface area contributed by atoms with Crippen LogP contribution in [-0.2, 0) is 0 Å². The summed E-state index contributed by atoms with van der Waals surface area (Å²) in [7, 11) is 0. The second kappa shape index (κ2) is 4.72. The Balaban J connectivity index is 2.03. The Kier molecular flexibility index (Phi) is 3.07. The standard InChI is InChI=1S/C13H15BrN4/c14-10-5-9(6-11(15)7-10)13-17-16-8-18(13)12-3-1-2-4-12/h5-8,12H,1-4,15H2. The molecule has 0 radical (unpaired) electrons. The SMILES string of the molecule is Nc1cc(Br)cc(-c2nncn2C2CCCC2)c1. The maximum atomic E-state index is 5.88. The molecule has 2 N–H and O–H groups in total. The average Bonchev–Trinajstić information content (AvgIpc) is 2.98. The molecule has 0 saturated heterocycles. The molecule has 1 heterocycles. The number of hydrogen-bond donors (Lipinski definition) is 1. The molecule has 18 heavy (non-hydrogen) atoms. The monoisotopic (exact) mass is 306 g/mol. The molecule has 0 amide bonds. The summed E-state index contributed by atoms with van der Waals surface area (Å²) in [6.45, 7) is 0. The van der Waals surface area contributed by atoms with Crippen molar-refractivity contribution in [1.82, 2.24) is 14.8 Å². The number of aromatic nitrogens is 3. The van der Waals surface area contributed by atoms with Gasteiger partial charge < -0.3 is 10.3 Å². The van der Waals surface area contributed by atoms with Crippen molar-refractivity contribution in [2.45, 2.75) is 31.7 Å². The minimum atomic E-state index is 0.537. The molecule has 0 aliphatic heterocycles. The smallest absolute Gasteiger partial charge is 0.164 e. The molecule has 0 atom stereocenters. The molecule has 4 nitrogen and oxygen atoms in total. The Morgan fingerprint density at radius 2 is 2.00 bits per heavy atom. The van der Waals surface area contributed by atoms with Crippen molar-refractivity contribution in [2.24, 2.45) is 0 Å². The number of anilines is 1. The molecule has 94 valence electrons. The Hall–Kier alpha value is -1.36. The van der Waals surface area contributed by atoms with E-state index in [1.807, 2.05) is 24.5 Å². The summed E-state index contributed by atoms with van der Waals surface area (Å²) in [6, 6.07) is 6.40. The molecule has 0 bridgehead atoms. The lowest BCUT2D eigenvalue weighted by atomic mass is 10.1. The molecule has 1 aromatic carbocycles. The van der Waals surface area contributed by atoms with Gasteiger partial charge in [-0.3, -0.25) is 0 Å². The summed E-state index contributed by atoms with van der Waals surface area (Å²) < 4.78 is 3.16. The topological polar surface area (TPSA) is 56.7 Å². The van der Waals surface area contributed by atoms with Gasteiger partial charge in [0.15, 0.2) is 5.82 Å². The second-order valence-electron chi connectivity index (χ2n) is 4.77. The number of nitrogens with two attached hydrogens (primary N) is 1. The first-order valence-corrected chi connectivity index (χ1v) is 6.99. The lowest BCUT2D eigenvalue weighted by Gasteiger charge is -2.14. The lowest BCUT2D eigenvalue weighted by molar-refractivity contribution is 0.522. The van der Waals surface area contributed by atoms with Crippen LogP contribution in [0, 0.1) is 0 Å². The Bertz CT molecular complexity index is 538. The van der Waals surface area contributed by atoms with Crippen molar-refractivity contribution in [3.63, 3.8) is 0 Å². The average molecular weight is 307 g/mol. The van der Waals surface area contributed by atoms with Crippen LogP contribution >= 0.6 is 15.9 Å². The first-order valence-electron chi connectivity index (χ1n) is 6.20. The summed E-state index contributed by atoms with van der Waals surface area (Å²) in [5, 5.41) is 8.31. The molecule has 1 aliphatic rings. The normalized spacial score (nSPS) is 16.3. The van der Waals surface area contributed by atoms with Gasteiger partial charge in [0.2, 0.25) is 0 Å². The fourth-order valence-corrected chi connectivity index (χ4v) is 3.15. The van der Waals surface area contributed by atoms with Crippen LogP contribution in [-0.4, -0.2) is 14.8 Å². The van der Waals surface area contributed by atoms with E-state index < -0.39 is 0 Å². The van der Waals surface area contributed by atoms with E-state index in [1.165, 1.54) is 25.7 Å². The van der Waals surface area contributed by atoms with Crippen LogP contribution in [0.15, 0.2) is 29.0 Å². The van der Waals surface area contributed by atoms with E-state index in [0.717, 1.165) is 21.5 Å². The van der Waals surface area contributed by atoms with Crippen LogP contribution in [0.5, 0.6) is 0 Å². The predicted octanol–water partition coefficient (Wildman–Crippen LogP) is 3.40. The van der Waals surface area contributed by atoms with Crippen molar-refractivity contribution in [2.75, 3.05) is 5.73 Å². The van der Waals surface area contributed by atoms with Gasteiger partial charge in [0.05, 0.1) is 0 Å². The van der Waals surface area contributed by atoms with Crippen LogP contribution in [0.25, 0.3) is 11.4 Å². The van der Waals surface area contributed by atoms with Crippen LogP contribution in [0.2, 0.25) is 0 Å². The molecule has 1 aliphatic carbocycles. The molecule has 5 heteroatoms. The van der Waals surface area contributed by atoms with Gasteiger partial charge in [-0.25, -0.2) is 0 Å². The predicted molar refractivity (Wildman–Crippen MR) is 75.1 cm³/mol. The zero-order valence-corrected chi connectivity index (χ0v) is 11.6. The zero-order chi connectivity index (χ0) is 12.5. The van der Waals surface area contributed by atoms with E-state index in [1.54, 1.807) is 0 Å². The quantitative estimate of drug-likeness (QED) is 0.865. The van der Waals surface area contributed by atoms with Crippen molar-refractivity contribution in [3.05, 3.63) is 29.0 Å². The summed E-state index contributed by atoms with van der Waals surface area (Å²) in [6.07, 6.45) is 6.86. The lowest BCUT2D eigenvalue weighted by Crippen LogP contribution is -2.05. The maximum Gasteiger partial charge on any atom is 0.164 e. The maximum absolute atomic E-state index is 5.88. The first-order chi connectivity index (χ1) is 8.74. The van der Waals surface area contributed by atoms with Crippen LogP contribution in [0.1, 0.15) is 31.7 Å². The van der Waals surface area contributed by atoms with Crippen LogP contribution < -0.4 is 5.73 Å². The van der Waals surface area contributed by atoms with Crippen molar-refractivity contribution in [3.8, 4) is 11.4 Å². The third-order valence-corrected chi connectivity index (χ3v) is 3.93. The number of halogens is 1. The molecular formula is C13H15BrN4. The Labute approximate surface area is 114 Å².